The van der Waals surface area contributed by atoms with Crippen LogP contribution in [-0.2, 0) is 0 Å². The van der Waals surface area contributed by atoms with Crippen molar-refractivity contribution < 1.29 is 9.21 Å². The summed E-state index contributed by atoms with van der Waals surface area (Å²) in [7, 11) is 0. The van der Waals surface area contributed by atoms with Gasteiger partial charge in [0.15, 0.2) is 0 Å². The molecule has 0 aliphatic carbocycles. The second-order valence-electron chi connectivity index (χ2n) is 8.72. The summed E-state index contributed by atoms with van der Waals surface area (Å²) in [5.74, 6) is 0.425. The molecule has 0 atom stereocenters. The zero-order valence-corrected chi connectivity index (χ0v) is 19.0. The molecule has 1 amide bonds. The number of halogens is 2. The van der Waals surface area contributed by atoms with E-state index in [-0.39, 0.29) is 11.3 Å². The Bertz CT molecular complexity index is 1330. The monoisotopic (exact) mass is 483 g/mol. The van der Waals surface area contributed by atoms with Crippen LogP contribution in [-0.4, -0.2) is 62.6 Å². The van der Waals surface area contributed by atoms with Crippen LogP contribution in [0.15, 0.2) is 40.8 Å². The predicted octanol–water partition coefficient (Wildman–Crippen LogP) is 4.06. The molecule has 0 radical (unpaired) electrons. The van der Waals surface area contributed by atoms with Crippen molar-refractivity contribution in [2.75, 3.05) is 31.1 Å². The number of anilines is 1. The van der Waals surface area contributed by atoms with Crippen molar-refractivity contribution in [1.82, 2.24) is 30.5 Å². The van der Waals surface area contributed by atoms with Crippen LogP contribution in [0.3, 0.4) is 0 Å². The standard InChI is InChI=1S/C22H19Cl2N7O2/c23-15-7-14(8-16(24)10-15)19-27-28-21(33-19)30-5-3-22(4-6-30)11-31(12-22)20(32)13-1-2-17-18(9-13)26-29-25-17/h1-2,7-10H,3-6,11-12H2,(H,25,26,29). The number of hydrogen-bond acceptors (Lipinski definition) is 7. The molecule has 2 aromatic heterocycles. The van der Waals surface area contributed by atoms with Gasteiger partial charge in [0.2, 0.25) is 5.89 Å². The lowest BCUT2D eigenvalue weighted by molar-refractivity contribution is -0.00827. The van der Waals surface area contributed by atoms with Crippen molar-refractivity contribution in [3.05, 3.63) is 52.0 Å². The third-order valence-electron chi connectivity index (χ3n) is 6.52. The van der Waals surface area contributed by atoms with E-state index >= 15 is 0 Å². The summed E-state index contributed by atoms with van der Waals surface area (Å²) in [6.07, 6.45) is 1.92. The van der Waals surface area contributed by atoms with Gasteiger partial charge in [0, 0.05) is 52.8 Å². The molecule has 2 aliphatic heterocycles. The smallest absolute Gasteiger partial charge is 0.318 e. The Labute approximate surface area is 198 Å². The van der Waals surface area contributed by atoms with Gasteiger partial charge in [-0.15, -0.1) is 5.10 Å². The fourth-order valence-corrected chi connectivity index (χ4v) is 5.21. The average Bonchev–Trinajstić information content (AvgIpc) is 3.46. The molecule has 1 N–H and O–H groups in total. The Kier molecular flexibility index (Phi) is 4.77. The van der Waals surface area contributed by atoms with Gasteiger partial charge in [-0.3, -0.25) is 4.79 Å². The highest BCUT2D eigenvalue weighted by Crippen LogP contribution is 2.42. The second kappa shape index (κ2) is 7.71. The molecular weight excluding hydrogens is 465 g/mol. The first kappa shape index (κ1) is 20.4. The van der Waals surface area contributed by atoms with Crippen molar-refractivity contribution >= 4 is 46.2 Å². The SMILES string of the molecule is O=C(c1ccc2n[nH]nc2c1)N1CC2(CCN(c3nnc(-c4cc(Cl)cc(Cl)c4)o3)CC2)C1. The Morgan fingerprint density at radius 1 is 0.970 bits per heavy atom. The Hall–Kier alpha value is -3.17. The average molecular weight is 484 g/mol. The minimum absolute atomic E-state index is 0.0367. The number of aromatic amines is 1. The van der Waals surface area contributed by atoms with Crippen molar-refractivity contribution in [3.63, 3.8) is 0 Å². The lowest BCUT2D eigenvalue weighted by Gasteiger charge is -2.53. The Morgan fingerprint density at radius 2 is 1.70 bits per heavy atom. The van der Waals surface area contributed by atoms with Gasteiger partial charge in [-0.1, -0.05) is 28.3 Å². The lowest BCUT2D eigenvalue weighted by atomic mass is 9.72. The highest BCUT2D eigenvalue weighted by Gasteiger charge is 2.47. The topological polar surface area (TPSA) is 104 Å². The maximum atomic E-state index is 12.9. The molecule has 0 saturated carbocycles. The number of rotatable bonds is 3. The second-order valence-corrected chi connectivity index (χ2v) is 9.60. The number of aromatic nitrogens is 5. The minimum atomic E-state index is 0.0367. The Morgan fingerprint density at radius 3 is 2.45 bits per heavy atom. The molecular formula is C22H19Cl2N7O2. The summed E-state index contributed by atoms with van der Waals surface area (Å²) in [6.45, 7) is 3.11. The van der Waals surface area contributed by atoms with Crippen molar-refractivity contribution in [1.29, 1.82) is 0 Å². The molecule has 4 heterocycles. The van der Waals surface area contributed by atoms with Crippen LogP contribution in [0.4, 0.5) is 6.01 Å². The number of nitrogens with zero attached hydrogens (tertiary/aromatic N) is 6. The zero-order chi connectivity index (χ0) is 22.6. The van der Waals surface area contributed by atoms with E-state index in [4.69, 9.17) is 27.6 Å². The van der Waals surface area contributed by atoms with Gasteiger partial charge in [-0.25, -0.2) is 0 Å². The number of likely N-dealkylation sites (tertiary alicyclic amines) is 1. The number of piperidine rings is 1. The molecule has 2 saturated heterocycles. The van der Waals surface area contributed by atoms with Crippen molar-refractivity contribution in [2.45, 2.75) is 12.8 Å². The van der Waals surface area contributed by atoms with Crippen LogP contribution in [0.25, 0.3) is 22.5 Å². The maximum Gasteiger partial charge on any atom is 0.318 e. The van der Waals surface area contributed by atoms with E-state index in [2.05, 4.69) is 30.5 Å². The van der Waals surface area contributed by atoms with Crippen molar-refractivity contribution in [2.24, 2.45) is 5.41 Å². The van der Waals surface area contributed by atoms with E-state index < -0.39 is 0 Å². The van der Waals surface area contributed by atoms with Crippen LogP contribution >= 0.6 is 23.2 Å². The van der Waals surface area contributed by atoms with E-state index in [0.29, 0.717) is 38.6 Å². The maximum absolute atomic E-state index is 12.9. The molecule has 4 aromatic rings. The summed E-state index contributed by atoms with van der Waals surface area (Å²) in [6, 6.07) is 11.1. The highest BCUT2D eigenvalue weighted by atomic mass is 35.5. The van der Waals surface area contributed by atoms with E-state index in [9.17, 15) is 4.79 Å². The number of carbonyl (C=O) groups excluding carboxylic acids is 1. The van der Waals surface area contributed by atoms with Gasteiger partial charge in [-0.05, 0) is 49.2 Å². The van der Waals surface area contributed by atoms with Crippen LogP contribution < -0.4 is 4.90 Å². The fourth-order valence-electron chi connectivity index (χ4n) is 4.69. The van der Waals surface area contributed by atoms with Crippen LogP contribution in [0.5, 0.6) is 0 Å². The van der Waals surface area contributed by atoms with E-state index in [1.54, 1.807) is 30.3 Å². The van der Waals surface area contributed by atoms with Crippen molar-refractivity contribution in [3.8, 4) is 11.5 Å². The van der Waals surface area contributed by atoms with Crippen LogP contribution in [0.2, 0.25) is 10.0 Å². The fraction of sp³-hybridized carbons (Fsp3) is 0.318. The third kappa shape index (κ3) is 3.71. The first-order chi connectivity index (χ1) is 16.0. The molecule has 0 unspecified atom stereocenters. The number of H-pyrrole nitrogens is 1. The van der Waals surface area contributed by atoms with E-state index in [1.807, 2.05) is 11.0 Å². The summed E-state index contributed by atoms with van der Waals surface area (Å²) < 4.78 is 5.89. The number of benzene rings is 2. The molecule has 6 rings (SSSR count). The number of nitrogens with one attached hydrogen (secondary N) is 1. The molecule has 2 aliphatic rings. The normalized spacial score (nSPS) is 17.5. The minimum Gasteiger partial charge on any atom is -0.403 e. The summed E-state index contributed by atoms with van der Waals surface area (Å²) in [5.41, 5.74) is 2.93. The summed E-state index contributed by atoms with van der Waals surface area (Å²) in [4.78, 5) is 16.9. The number of hydrogen-bond donors (Lipinski definition) is 1. The largest absolute Gasteiger partial charge is 0.403 e. The first-order valence-electron chi connectivity index (χ1n) is 10.6. The van der Waals surface area contributed by atoms with Crippen LogP contribution in [0, 0.1) is 5.41 Å². The third-order valence-corrected chi connectivity index (χ3v) is 6.96. The molecule has 1 spiro atoms. The first-order valence-corrected chi connectivity index (χ1v) is 11.4. The molecule has 11 heteroatoms. The quantitative estimate of drug-likeness (QED) is 0.468. The summed E-state index contributed by atoms with van der Waals surface area (Å²) in [5, 5.41) is 20.1. The van der Waals surface area contributed by atoms with Gasteiger partial charge >= 0.3 is 6.01 Å². The zero-order valence-electron chi connectivity index (χ0n) is 17.5. The highest BCUT2D eigenvalue weighted by molar-refractivity contribution is 6.35. The van der Waals surface area contributed by atoms with Gasteiger partial charge in [0.05, 0.1) is 0 Å². The summed E-state index contributed by atoms with van der Waals surface area (Å²) >= 11 is 12.2. The predicted molar refractivity (Wildman–Crippen MR) is 123 cm³/mol. The molecule has 168 valence electrons. The molecule has 9 nitrogen and oxygen atoms in total. The molecule has 2 aromatic carbocycles. The lowest BCUT2D eigenvalue weighted by Crippen LogP contribution is -2.62. The van der Waals surface area contributed by atoms with Gasteiger partial charge in [-0.2, -0.15) is 15.4 Å². The number of amides is 1. The number of carbonyl (C=O) groups is 1. The van der Waals surface area contributed by atoms with Gasteiger partial charge in [0.1, 0.15) is 11.0 Å². The molecule has 0 bridgehead atoms. The molecule has 33 heavy (non-hydrogen) atoms. The van der Waals surface area contributed by atoms with E-state index in [1.165, 1.54) is 0 Å². The van der Waals surface area contributed by atoms with E-state index in [0.717, 1.165) is 44.5 Å². The van der Waals surface area contributed by atoms with Gasteiger partial charge in [0.25, 0.3) is 5.91 Å². The van der Waals surface area contributed by atoms with Gasteiger partial charge < -0.3 is 14.2 Å². The Balaban J connectivity index is 1.08. The number of fused-ring (bicyclic) bond motifs is 1. The van der Waals surface area contributed by atoms with Crippen LogP contribution in [0.1, 0.15) is 23.2 Å². The molecule has 2 fully saturated rings.